The molecule has 0 aliphatic heterocycles. The van der Waals surface area contributed by atoms with E-state index in [4.69, 9.17) is 4.74 Å². The first-order chi connectivity index (χ1) is 9.08. The van der Waals surface area contributed by atoms with Crippen molar-refractivity contribution in [3.63, 3.8) is 0 Å². The average molecular weight is 261 g/mol. The third-order valence-electron chi connectivity index (χ3n) is 2.96. The molecule has 1 aromatic rings. The van der Waals surface area contributed by atoms with Crippen molar-refractivity contribution in [2.45, 2.75) is 19.4 Å². The molecule has 2 atom stereocenters. The highest BCUT2D eigenvalue weighted by molar-refractivity contribution is 5.87. The molecule has 1 N–H and O–H groups in total. The molecule has 2 unspecified atom stereocenters. The van der Waals surface area contributed by atoms with E-state index in [0.717, 1.165) is 5.56 Å². The Morgan fingerprint density at radius 3 is 2.53 bits per heavy atom. The maximum absolute atomic E-state index is 11.8. The number of carbonyl (C=O) groups is 2. The minimum atomic E-state index is -0.420. The maximum Gasteiger partial charge on any atom is 0.311 e. The van der Waals surface area contributed by atoms with Crippen molar-refractivity contribution < 1.29 is 14.3 Å². The molecule has 0 bridgehead atoms. The Bertz CT molecular complexity index is 442. The molecule has 0 aromatic heterocycles. The number of esters is 1. The van der Waals surface area contributed by atoms with Crippen LogP contribution >= 0.6 is 0 Å². The molecule has 1 aromatic carbocycles. The minimum absolute atomic E-state index is 0.297. The Morgan fingerprint density at radius 2 is 2.00 bits per heavy atom. The predicted molar refractivity (Wildman–Crippen MR) is 73.5 cm³/mol. The largest absolute Gasteiger partial charge is 0.469 e. The summed E-state index contributed by atoms with van der Waals surface area (Å²) in [6.45, 7) is 5.18. The first-order valence-electron chi connectivity index (χ1n) is 6.13. The number of rotatable bonds is 6. The van der Waals surface area contributed by atoms with Crippen molar-refractivity contribution in [2.24, 2.45) is 5.92 Å². The number of hydrogen-bond donors (Lipinski definition) is 1. The lowest BCUT2D eigenvalue weighted by atomic mass is 9.93. The molecule has 0 spiro atoms. The number of hydrogen-bond acceptors (Lipinski definition) is 3. The zero-order valence-electron chi connectivity index (χ0n) is 11.3. The van der Waals surface area contributed by atoms with Gasteiger partial charge in [-0.05, 0) is 25.0 Å². The SMILES string of the molecule is C=CC(=O)NC(C)C(Cc1ccccc1)C(=O)OC. The molecule has 1 amide bonds. The van der Waals surface area contributed by atoms with Gasteiger partial charge in [0.15, 0.2) is 0 Å². The normalized spacial score (nSPS) is 13.2. The highest BCUT2D eigenvalue weighted by atomic mass is 16.5. The van der Waals surface area contributed by atoms with E-state index >= 15 is 0 Å². The van der Waals surface area contributed by atoms with Crippen LogP contribution in [0.4, 0.5) is 0 Å². The van der Waals surface area contributed by atoms with Crippen molar-refractivity contribution in [3.8, 4) is 0 Å². The van der Waals surface area contributed by atoms with Gasteiger partial charge in [-0.1, -0.05) is 36.9 Å². The monoisotopic (exact) mass is 261 g/mol. The smallest absolute Gasteiger partial charge is 0.311 e. The Labute approximate surface area is 113 Å². The molecule has 1 rings (SSSR count). The Kier molecular flexibility index (Phi) is 5.79. The highest BCUT2D eigenvalue weighted by Crippen LogP contribution is 2.14. The van der Waals surface area contributed by atoms with Crippen LogP contribution in [0.25, 0.3) is 0 Å². The molecule has 0 aliphatic rings. The fraction of sp³-hybridized carbons (Fsp3) is 0.333. The Morgan fingerprint density at radius 1 is 1.37 bits per heavy atom. The van der Waals surface area contributed by atoms with E-state index in [1.54, 1.807) is 6.92 Å². The van der Waals surface area contributed by atoms with Gasteiger partial charge in [-0.3, -0.25) is 9.59 Å². The van der Waals surface area contributed by atoms with Crippen molar-refractivity contribution in [1.82, 2.24) is 5.32 Å². The van der Waals surface area contributed by atoms with E-state index in [9.17, 15) is 9.59 Å². The van der Waals surface area contributed by atoms with E-state index in [1.165, 1.54) is 13.2 Å². The number of carbonyl (C=O) groups excluding carboxylic acids is 2. The lowest BCUT2D eigenvalue weighted by Gasteiger charge is -2.22. The second-order valence-corrected chi connectivity index (χ2v) is 4.32. The van der Waals surface area contributed by atoms with Gasteiger partial charge in [-0.25, -0.2) is 0 Å². The maximum atomic E-state index is 11.8. The molecule has 4 heteroatoms. The van der Waals surface area contributed by atoms with Crippen molar-refractivity contribution >= 4 is 11.9 Å². The summed E-state index contributed by atoms with van der Waals surface area (Å²) >= 11 is 0. The first kappa shape index (κ1) is 15.0. The number of amides is 1. The van der Waals surface area contributed by atoms with Gasteiger partial charge in [-0.2, -0.15) is 0 Å². The summed E-state index contributed by atoms with van der Waals surface area (Å²) in [5.74, 6) is -1.05. The fourth-order valence-corrected chi connectivity index (χ4v) is 1.87. The van der Waals surface area contributed by atoms with Crippen LogP contribution in [0, 0.1) is 5.92 Å². The van der Waals surface area contributed by atoms with E-state index in [-0.39, 0.29) is 17.9 Å². The van der Waals surface area contributed by atoms with Crippen LogP contribution in [0.1, 0.15) is 12.5 Å². The standard InChI is InChI=1S/C15H19NO3/c1-4-14(17)16-11(2)13(15(18)19-3)10-12-8-6-5-7-9-12/h4-9,11,13H,1,10H2,2-3H3,(H,16,17). The third-order valence-corrected chi connectivity index (χ3v) is 2.96. The molecule has 4 nitrogen and oxygen atoms in total. The Balaban J connectivity index is 2.80. The lowest BCUT2D eigenvalue weighted by Crippen LogP contribution is -2.42. The second kappa shape index (κ2) is 7.36. The number of ether oxygens (including phenoxy) is 1. The van der Waals surface area contributed by atoms with Gasteiger partial charge >= 0.3 is 5.97 Å². The van der Waals surface area contributed by atoms with Crippen molar-refractivity contribution in [1.29, 1.82) is 0 Å². The molecule has 102 valence electrons. The first-order valence-corrected chi connectivity index (χ1v) is 6.13. The van der Waals surface area contributed by atoms with Crippen LogP contribution in [-0.4, -0.2) is 25.0 Å². The summed E-state index contributed by atoms with van der Waals surface area (Å²) in [7, 11) is 1.35. The number of nitrogens with one attached hydrogen (secondary N) is 1. The zero-order chi connectivity index (χ0) is 14.3. The van der Waals surface area contributed by atoms with E-state index < -0.39 is 5.92 Å². The number of benzene rings is 1. The molecule has 0 aliphatic carbocycles. The molecule has 0 saturated heterocycles. The van der Waals surface area contributed by atoms with Gasteiger partial charge < -0.3 is 10.1 Å². The summed E-state index contributed by atoms with van der Waals surface area (Å²) in [6, 6.07) is 9.31. The summed E-state index contributed by atoms with van der Waals surface area (Å²) < 4.78 is 4.80. The lowest BCUT2D eigenvalue weighted by molar-refractivity contribution is -0.146. The van der Waals surface area contributed by atoms with Gasteiger partial charge in [0.25, 0.3) is 0 Å². The topological polar surface area (TPSA) is 55.4 Å². The van der Waals surface area contributed by atoms with Gasteiger partial charge in [0.2, 0.25) is 5.91 Å². The quantitative estimate of drug-likeness (QED) is 0.626. The summed E-state index contributed by atoms with van der Waals surface area (Å²) in [5.41, 5.74) is 1.03. The molecule has 0 saturated carbocycles. The van der Waals surface area contributed by atoms with Crippen LogP contribution in [-0.2, 0) is 20.7 Å². The van der Waals surface area contributed by atoms with Gasteiger partial charge in [0.05, 0.1) is 13.0 Å². The highest BCUT2D eigenvalue weighted by Gasteiger charge is 2.26. The van der Waals surface area contributed by atoms with Crippen molar-refractivity contribution in [2.75, 3.05) is 7.11 Å². The molecule has 0 heterocycles. The molecule has 19 heavy (non-hydrogen) atoms. The van der Waals surface area contributed by atoms with Gasteiger partial charge in [-0.15, -0.1) is 0 Å². The third kappa shape index (κ3) is 4.58. The van der Waals surface area contributed by atoms with E-state index in [2.05, 4.69) is 11.9 Å². The minimum Gasteiger partial charge on any atom is -0.469 e. The second-order valence-electron chi connectivity index (χ2n) is 4.32. The predicted octanol–water partition coefficient (Wildman–Crippen LogP) is 1.71. The summed E-state index contributed by atoms with van der Waals surface area (Å²) in [4.78, 5) is 23.1. The molecular formula is C15H19NO3. The van der Waals surface area contributed by atoms with E-state index in [0.29, 0.717) is 6.42 Å². The zero-order valence-corrected chi connectivity index (χ0v) is 11.3. The molecule has 0 fully saturated rings. The average Bonchev–Trinajstić information content (AvgIpc) is 2.44. The van der Waals surface area contributed by atoms with Gasteiger partial charge in [0, 0.05) is 6.04 Å². The summed E-state index contributed by atoms with van der Waals surface area (Å²) in [5, 5.41) is 2.71. The Hall–Kier alpha value is -2.10. The number of methoxy groups -OCH3 is 1. The van der Waals surface area contributed by atoms with Crippen LogP contribution < -0.4 is 5.32 Å². The molecule has 0 radical (unpaired) electrons. The van der Waals surface area contributed by atoms with Crippen LogP contribution in [0.5, 0.6) is 0 Å². The van der Waals surface area contributed by atoms with E-state index in [1.807, 2.05) is 30.3 Å². The summed E-state index contributed by atoms with van der Waals surface area (Å²) in [6.07, 6.45) is 1.71. The van der Waals surface area contributed by atoms with Crippen LogP contribution in [0.3, 0.4) is 0 Å². The van der Waals surface area contributed by atoms with Crippen molar-refractivity contribution in [3.05, 3.63) is 48.6 Å². The van der Waals surface area contributed by atoms with Crippen LogP contribution in [0.15, 0.2) is 43.0 Å². The van der Waals surface area contributed by atoms with Crippen LogP contribution in [0.2, 0.25) is 0 Å². The molecular weight excluding hydrogens is 242 g/mol. The fourth-order valence-electron chi connectivity index (χ4n) is 1.87. The van der Waals surface area contributed by atoms with Gasteiger partial charge in [0.1, 0.15) is 0 Å².